The molecule has 1 aliphatic rings. The summed E-state index contributed by atoms with van der Waals surface area (Å²) < 4.78 is 0. The van der Waals surface area contributed by atoms with E-state index in [0.29, 0.717) is 6.04 Å². The lowest BCUT2D eigenvalue weighted by molar-refractivity contribution is 0.407. The first-order chi connectivity index (χ1) is 10.1. The molecule has 21 heavy (non-hydrogen) atoms. The monoisotopic (exact) mass is 285 g/mol. The maximum Gasteiger partial charge on any atom is 0.105 e. The van der Waals surface area contributed by atoms with E-state index < -0.39 is 5.54 Å². The van der Waals surface area contributed by atoms with E-state index in [1.54, 1.807) is 0 Å². The normalized spacial score (nSPS) is 20.5. The predicted molar refractivity (Wildman–Crippen MR) is 88.5 cm³/mol. The minimum absolute atomic E-state index is 0.428. The molecule has 0 radical (unpaired) electrons. The Balaban J connectivity index is 2.07. The van der Waals surface area contributed by atoms with E-state index in [1.165, 1.54) is 17.7 Å². The minimum Gasteiger partial charge on any atom is -0.368 e. The van der Waals surface area contributed by atoms with Gasteiger partial charge in [0.05, 0.1) is 6.07 Å². The van der Waals surface area contributed by atoms with Gasteiger partial charge in [-0.25, -0.2) is 0 Å². The van der Waals surface area contributed by atoms with E-state index in [2.05, 4.69) is 54.4 Å². The van der Waals surface area contributed by atoms with Gasteiger partial charge in [-0.05, 0) is 57.7 Å². The number of fused-ring (bicyclic) bond motifs is 1. The van der Waals surface area contributed by atoms with E-state index in [0.717, 1.165) is 32.4 Å². The quantitative estimate of drug-likeness (QED) is 0.869. The van der Waals surface area contributed by atoms with Crippen molar-refractivity contribution in [2.75, 3.05) is 18.0 Å². The predicted octanol–water partition coefficient (Wildman–Crippen LogP) is 3.50. The second kappa shape index (κ2) is 6.95. The largest absolute Gasteiger partial charge is 0.368 e. The van der Waals surface area contributed by atoms with Gasteiger partial charge in [0.25, 0.3) is 0 Å². The van der Waals surface area contributed by atoms with E-state index in [1.807, 2.05) is 6.92 Å². The Morgan fingerprint density at radius 3 is 2.90 bits per heavy atom. The fourth-order valence-corrected chi connectivity index (χ4v) is 3.03. The van der Waals surface area contributed by atoms with Crippen molar-refractivity contribution in [1.29, 1.82) is 5.26 Å². The van der Waals surface area contributed by atoms with E-state index in [9.17, 15) is 5.26 Å². The number of para-hydroxylation sites is 1. The molecule has 0 saturated heterocycles. The summed E-state index contributed by atoms with van der Waals surface area (Å²) in [5.74, 6) is 0. The Morgan fingerprint density at radius 1 is 1.43 bits per heavy atom. The maximum absolute atomic E-state index is 9.47. The highest BCUT2D eigenvalue weighted by Gasteiger charge is 2.27. The van der Waals surface area contributed by atoms with Crippen molar-refractivity contribution in [2.24, 2.45) is 0 Å². The van der Waals surface area contributed by atoms with Crippen molar-refractivity contribution < 1.29 is 0 Å². The third-order valence-electron chi connectivity index (χ3n) is 4.53. The Morgan fingerprint density at radius 2 is 2.19 bits per heavy atom. The van der Waals surface area contributed by atoms with E-state index >= 15 is 0 Å². The SMILES string of the molecule is CCCNC(C)(C#N)CCN1c2ccccc2CCC1C. The molecule has 0 saturated carbocycles. The van der Waals surface area contributed by atoms with Crippen LogP contribution in [0.2, 0.25) is 0 Å². The minimum atomic E-state index is -0.428. The van der Waals surface area contributed by atoms with Crippen LogP contribution in [0.4, 0.5) is 5.69 Å². The number of benzene rings is 1. The molecule has 1 heterocycles. The molecule has 1 aromatic rings. The van der Waals surface area contributed by atoms with Crippen LogP contribution >= 0.6 is 0 Å². The molecule has 0 spiro atoms. The molecular formula is C18H27N3. The van der Waals surface area contributed by atoms with Crippen LogP contribution in [-0.4, -0.2) is 24.7 Å². The molecule has 2 rings (SSSR count). The maximum atomic E-state index is 9.47. The molecule has 2 atom stereocenters. The Bertz CT molecular complexity index is 505. The van der Waals surface area contributed by atoms with Crippen molar-refractivity contribution in [3.05, 3.63) is 29.8 Å². The topological polar surface area (TPSA) is 39.1 Å². The molecular weight excluding hydrogens is 258 g/mol. The highest BCUT2D eigenvalue weighted by molar-refractivity contribution is 5.56. The van der Waals surface area contributed by atoms with Crippen molar-refractivity contribution in [3.8, 4) is 6.07 Å². The Kier molecular flexibility index (Phi) is 5.25. The summed E-state index contributed by atoms with van der Waals surface area (Å²) in [5, 5.41) is 12.9. The number of hydrogen-bond donors (Lipinski definition) is 1. The van der Waals surface area contributed by atoms with Crippen LogP contribution < -0.4 is 10.2 Å². The molecule has 0 fully saturated rings. The number of nitrogens with zero attached hydrogens (tertiary/aromatic N) is 2. The van der Waals surface area contributed by atoms with Crippen LogP contribution in [0.5, 0.6) is 0 Å². The van der Waals surface area contributed by atoms with Gasteiger partial charge in [-0.3, -0.25) is 5.32 Å². The van der Waals surface area contributed by atoms with Gasteiger partial charge in [0, 0.05) is 18.3 Å². The number of aryl methyl sites for hydroxylation is 1. The third kappa shape index (κ3) is 3.77. The lowest BCUT2D eigenvalue weighted by Gasteiger charge is -2.38. The first kappa shape index (κ1) is 15.9. The summed E-state index contributed by atoms with van der Waals surface area (Å²) in [5.41, 5.74) is 2.37. The standard InChI is InChI=1S/C18H27N3/c1-4-12-20-18(3,14-19)11-13-21-15(2)9-10-16-7-5-6-8-17(16)21/h5-8,15,20H,4,9-13H2,1-3H3. The molecule has 0 aliphatic carbocycles. The summed E-state index contributed by atoms with van der Waals surface area (Å²) in [7, 11) is 0. The van der Waals surface area contributed by atoms with Gasteiger partial charge in [-0.2, -0.15) is 5.26 Å². The molecule has 0 aromatic heterocycles. The molecule has 1 aliphatic heterocycles. The second-order valence-electron chi connectivity index (χ2n) is 6.33. The number of nitrogens with one attached hydrogen (secondary N) is 1. The summed E-state index contributed by atoms with van der Waals surface area (Å²) >= 11 is 0. The molecule has 1 N–H and O–H groups in total. The summed E-state index contributed by atoms with van der Waals surface area (Å²) in [6.45, 7) is 8.27. The van der Waals surface area contributed by atoms with Gasteiger partial charge in [0.2, 0.25) is 0 Å². The lowest BCUT2D eigenvalue weighted by atomic mass is 9.94. The van der Waals surface area contributed by atoms with Gasteiger partial charge < -0.3 is 4.90 Å². The summed E-state index contributed by atoms with van der Waals surface area (Å²) in [6, 6.07) is 11.7. The summed E-state index contributed by atoms with van der Waals surface area (Å²) in [4.78, 5) is 2.47. The first-order valence-corrected chi connectivity index (χ1v) is 8.10. The van der Waals surface area contributed by atoms with Gasteiger partial charge >= 0.3 is 0 Å². The van der Waals surface area contributed by atoms with Crippen LogP contribution in [0.15, 0.2) is 24.3 Å². The highest BCUT2D eigenvalue weighted by Crippen LogP contribution is 2.31. The van der Waals surface area contributed by atoms with Crippen molar-refractivity contribution in [1.82, 2.24) is 5.32 Å². The molecule has 0 amide bonds. The zero-order chi connectivity index (χ0) is 15.3. The van der Waals surface area contributed by atoms with Crippen molar-refractivity contribution in [2.45, 2.75) is 58.0 Å². The molecule has 0 bridgehead atoms. The average molecular weight is 285 g/mol. The number of hydrogen-bond acceptors (Lipinski definition) is 3. The Labute approximate surface area is 129 Å². The van der Waals surface area contributed by atoms with Crippen LogP contribution in [0, 0.1) is 11.3 Å². The van der Waals surface area contributed by atoms with Gasteiger partial charge in [0.15, 0.2) is 0 Å². The zero-order valence-corrected chi connectivity index (χ0v) is 13.5. The Hall–Kier alpha value is -1.53. The van der Waals surface area contributed by atoms with E-state index in [4.69, 9.17) is 0 Å². The fourth-order valence-electron chi connectivity index (χ4n) is 3.03. The van der Waals surface area contributed by atoms with Crippen LogP contribution in [-0.2, 0) is 6.42 Å². The smallest absolute Gasteiger partial charge is 0.105 e. The molecule has 1 aromatic carbocycles. The average Bonchev–Trinajstić information content (AvgIpc) is 2.52. The van der Waals surface area contributed by atoms with Gasteiger partial charge in [0.1, 0.15) is 5.54 Å². The molecule has 3 heteroatoms. The summed E-state index contributed by atoms with van der Waals surface area (Å²) in [6.07, 6.45) is 4.27. The third-order valence-corrected chi connectivity index (χ3v) is 4.53. The first-order valence-electron chi connectivity index (χ1n) is 8.10. The van der Waals surface area contributed by atoms with Crippen LogP contribution in [0.25, 0.3) is 0 Å². The van der Waals surface area contributed by atoms with Crippen LogP contribution in [0.3, 0.4) is 0 Å². The lowest BCUT2D eigenvalue weighted by Crippen LogP contribution is -2.46. The number of rotatable bonds is 6. The van der Waals surface area contributed by atoms with Crippen molar-refractivity contribution >= 4 is 5.69 Å². The second-order valence-corrected chi connectivity index (χ2v) is 6.33. The molecule has 3 nitrogen and oxygen atoms in total. The molecule has 114 valence electrons. The van der Waals surface area contributed by atoms with E-state index in [-0.39, 0.29) is 0 Å². The molecule has 2 unspecified atom stereocenters. The van der Waals surface area contributed by atoms with Gasteiger partial charge in [-0.1, -0.05) is 25.1 Å². The zero-order valence-electron chi connectivity index (χ0n) is 13.5. The number of nitriles is 1. The highest BCUT2D eigenvalue weighted by atomic mass is 15.2. The fraction of sp³-hybridized carbons (Fsp3) is 0.611. The van der Waals surface area contributed by atoms with Crippen molar-refractivity contribution in [3.63, 3.8) is 0 Å². The van der Waals surface area contributed by atoms with Gasteiger partial charge in [-0.15, -0.1) is 0 Å². The van der Waals surface area contributed by atoms with Crippen LogP contribution in [0.1, 0.15) is 45.6 Å². The number of anilines is 1.